The van der Waals surface area contributed by atoms with E-state index in [0.717, 1.165) is 39.1 Å². The van der Waals surface area contributed by atoms with Gasteiger partial charge in [-0.15, -0.1) is 0 Å². The summed E-state index contributed by atoms with van der Waals surface area (Å²) in [6, 6.07) is 28.9. The van der Waals surface area contributed by atoms with E-state index in [9.17, 15) is 5.11 Å². The minimum atomic E-state index is -0.603. The Morgan fingerprint density at radius 2 is 1.46 bits per heavy atom. The van der Waals surface area contributed by atoms with Gasteiger partial charge in [-0.3, -0.25) is 0 Å². The lowest BCUT2D eigenvalue weighted by atomic mass is 9.79. The molecule has 0 fully saturated rings. The van der Waals surface area contributed by atoms with Crippen LogP contribution in [0.3, 0.4) is 0 Å². The fourth-order valence-corrected chi connectivity index (χ4v) is 5.88. The quantitative estimate of drug-likeness (QED) is 0.280. The van der Waals surface area contributed by atoms with Crippen molar-refractivity contribution in [1.82, 2.24) is 0 Å². The molecule has 5 heteroatoms. The summed E-state index contributed by atoms with van der Waals surface area (Å²) in [6.45, 7) is 5.74. The predicted octanol–water partition coefficient (Wildman–Crippen LogP) is 6.29. The Morgan fingerprint density at radius 3 is 2.10 bits per heavy atom. The van der Waals surface area contributed by atoms with E-state index in [4.69, 9.17) is 18.9 Å². The van der Waals surface area contributed by atoms with Crippen molar-refractivity contribution < 1.29 is 24.1 Å². The Bertz CT molecular complexity index is 1450. The summed E-state index contributed by atoms with van der Waals surface area (Å²) in [5.41, 5.74) is 7.37. The van der Waals surface area contributed by atoms with Gasteiger partial charge in [0.15, 0.2) is 11.5 Å². The first kappa shape index (κ1) is 25.5. The van der Waals surface area contributed by atoms with Crippen LogP contribution in [0.4, 0.5) is 0 Å². The van der Waals surface area contributed by atoms with E-state index < -0.39 is 5.60 Å². The van der Waals surface area contributed by atoms with E-state index in [1.54, 1.807) is 0 Å². The Morgan fingerprint density at radius 1 is 0.821 bits per heavy atom. The van der Waals surface area contributed by atoms with Crippen LogP contribution in [0.1, 0.15) is 44.9 Å². The maximum absolute atomic E-state index is 9.65. The highest BCUT2D eigenvalue weighted by Gasteiger charge is 2.52. The van der Waals surface area contributed by atoms with E-state index in [-0.39, 0.29) is 19.1 Å². The predicted molar refractivity (Wildman–Crippen MR) is 151 cm³/mol. The first-order chi connectivity index (χ1) is 19.1. The molecule has 1 N–H and O–H groups in total. The van der Waals surface area contributed by atoms with Crippen molar-refractivity contribution in [2.24, 2.45) is 0 Å². The molecule has 200 valence electrons. The minimum Gasteiger partial charge on any atom is -0.490 e. The molecular weight excluding hydrogens is 488 g/mol. The molecule has 1 aliphatic heterocycles. The third kappa shape index (κ3) is 4.88. The third-order valence-corrected chi connectivity index (χ3v) is 7.97. The van der Waals surface area contributed by atoms with Crippen molar-refractivity contribution in [3.63, 3.8) is 0 Å². The molecule has 6 rings (SSSR count). The summed E-state index contributed by atoms with van der Waals surface area (Å²) in [6.07, 6.45) is 0.667. The lowest BCUT2D eigenvalue weighted by Crippen LogP contribution is -2.47. The van der Waals surface area contributed by atoms with E-state index in [1.165, 1.54) is 5.56 Å². The van der Waals surface area contributed by atoms with Crippen molar-refractivity contribution in [3.8, 4) is 17.2 Å². The van der Waals surface area contributed by atoms with Gasteiger partial charge in [0.05, 0.1) is 13.2 Å². The summed E-state index contributed by atoms with van der Waals surface area (Å²) in [4.78, 5) is 0. The van der Waals surface area contributed by atoms with Crippen LogP contribution in [0.25, 0.3) is 0 Å². The van der Waals surface area contributed by atoms with Gasteiger partial charge in [-0.25, -0.2) is 0 Å². The molecule has 0 amide bonds. The molecule has 2 atom stereocenters. The van der Waals surface area contributed by atoms with E-state index >= 15 is 0 Å². The highest BCUT2D eigenvalue weighted by molar-refractivity contribution is 5.60. The summed E-state index contributed by atoms with van der Waals surface area (Å²) in [5.74, 6) is 2.32. The van der Waals surface area contributed by atoms with Crippen LogP contribution in [0, 0.1) is 13.8 Å². The van der Waals surface area contributed by atoms with Crippen LogP contribution in [0.2, 0.25) is 0 Å². The molecule has 0 aromatic heterocycles. The molecule has 0 saturated heterocycles. The van der Waals surface area contributed by atoms with Gasteiger partial charge in [-0.1, -0.05) is 72.8 Å². The topological polar surface area (TPSA) is 57.2 Å². The highest BCUT2D eigenvalue weighted by Crippen LogP contribution is 2.55. The maximum atomic E-state index is 9.65. The standard InChI is InChI=1S/C34H34O5/c1-23-13-14-28-32-29-18-31(37-21-26-11-7-4-8-12-26)30(36-20-25-9-5-3-6-10-25)17-27(29)19-34(32,39-16-15-35)22-38-33(28)24(23)2/h3-14,17-18,32,35H,15-16,19-22H2,1-2H3. The van der Waals surface area contributed by atoms with E-state index in [1.807, 2.05) is 36.4 Å². The number of ether oxygens (including phenoxy) is 4. The molecule has 4 aromatic carbocycles. The zero-order chi connectivity index (χ0) is 26.8. The monoisotopic (exact) mass is 522 g/mol. The number of hydrogen-bond acceptors (Lipinski definition) is 5. The zero-order valence-electron chi connectivity index (χ0n) is 22.5. The molecule has 0 saturated carbocycles. The fraction of sp³-hybridized carbons (Fsp3) is 0.294. The van der Waals surface area contributed by atoms with Crippen molar-refractivity contribution in [2.45, 2.75) is 45.0 Å². The number of fused-ring (bicyclic) bond motifs is 5. The normalized spacial score (nSPS) is 19.0. The second-order valence-electron chi connectivity index (χ2n) is 10.5. The Balaban J connectivity index is 1.42. The molecule has 0 bridgehead atoms. The average molecular weight is 523 g/mol. The molecular formula is C34H34O5. The number of rotatable bonds is 9. The van der Waals surface area contributed by atoms with Gasteiger partial charge >= 0.3 is 0 Å². The van der Waals surface area contributed by atoms with Crippen LogP contribution in [-0.4, -0.2) is 30.5 Å². The van der Waals surface area contributed by atoms with Gasteiger partial charge in [-0.05, 0) is 59.4 Å². The Labute approximate surface area is 229 Å². The van der Waals surface area contributed by atoms with E-state index in [2.05, 4.69) is 62.4 Å². The number of aliphatic hydroxyl groups excluding tert-OH is 1. The summed E-state index contributed by atoms with van der Waals surface area (Å²) >= 11 is 0. The second-order valence-corrected chi connectivity index (χ2v) is 10.5. The molecule has 5 nitrogen and oxygen atoms in total. The molecule has 1 heterocycles. The first-order valence-corrected chi connectivity index (χ1v) is 13.6. The number of aryl methyl sites for hydroxylation is 1. The highest BCUT2D eigenvalue weighted by atomic mass is 16.6. The third-order valence-electron chi connectivity index (χ3n) is 7.97. The molecule has 4 aromatic rings. The summed E-state index contributed by atoms with van der Waals surface area (Å²) < 4.78 is 25.6. The number of aliphatic hydroxyl groups is 1. The number of benzene rings is 4. The van der Waals surface area contributed by atoms with Crippen LogP contribution in [-0.2, 0) is 24.4 Å². The first-order valence-electron chi connectivity index (χ1n) is 13.6. The molecule has 0 spiro atoms. The zero-order valence-corrected chi connectivity index (χ0v) is 22.5. The van der Waals surface area contributed by atoms with Gasteiger partial charge in [-0.2, -0.15) is 0 Å². The second kappa shape index (κ2) is 10.8. The lowest BCUT2D eigenvalue weighted by Gasteiger charge is -2.41. The largest absolute Gasteiger partial charge is 0.490 e. The van der Waals surface area contributed by atoms with Crippen LogP contribution in [0.15, 0.2) is 84.9 Å². The van der Waals surface area contributed by atoms with Gasteiger partial charge < -0.3 is 24.1 Å². The van der Waals surface area contributed by atoms with Gasteiger partial charge in [0, 0.05) is 17.9 Å². The molecule has 39 heavy (non-hydrogen) atoms. The van der Waals surface area contributed by atoms with Crippen LogP contribution in [0.5, 0.6) is 17.2 Å². The summed E-state index contributed by atoms with van der Waals surface area (Å²) in [7, 11) is 0. The minimum absolute atomic E-state index is 0.0376. The van der Waals surface area contributed by atoms with Crippen molar-refractivity contribution in [3.05, 3.63) is 124 Å². The molecule has 0 radical (unpaired) electrons. The van der Waals surface area contributed by atoms with Crippen LogP contribution < -0.4 is 14.2 Å². The number of hydrogen-bond donors (Lipinski definition) is 1. The smallest absolute Gasteiger partial charge is 0.162 e. The average Bonchev–Trinajstić information content (AvgIpc) is 3.30. The molecule has 1 aliphatic carbocycles. The molecule has 2 unspecified atom stereocenters. The lowest BCUT2D eigenvalue weighted by molar-refractivity contribution is -0.0939. The van der Waals surface area contributed by atoms with Gasteiger partial charge in [0.2, 0.25) is 0 Å². The van der Waals surface area contributed by atoms with Gasteiger partial charge in [0.25, 0.3) is 0 Å². The SMILES string of the molecule is Cc1ccc2c(c1C)OCC1(OCCO)Cc3cc(OCc4ccccc4)c(OCc4ccccc4)cc3C21. The van der Waals surface area contributed by atoms with E-state index in [0.29, 0.717) is 37.7 Å². The van der Waals surface area contributed by atoms with Crippen LogP contribution >= 0.6 is 0 Å². The fourth-order valence-electron chi connectivity index (χ4n) is 5.88. The maximum Gasteiger partial charge on any atom is 0.162 e. The Kier molecular flexibility index (Phi) is 7.03. The van der Waals surface area contributed by atoms with Gasteiger partial charge in [0.1, 0.15) is 31.2 Å². The Hall–Kier alpha value is -3.80. The van der Waals surface area contributed by atoms with Crippen molar-refractivity contribution in [1.29, 1.82) is 0 Å². The summed E-state index contributed by atoms with van der Waals surface area (Å²) in [5, 5.41) is 9.65. The van der Waals surface area contributed by atoms with Crippen molar-refractivity contribution >= 4 is 0 Å². The molecule has 2 aliphatic rings. The van der Waals surface area contributed by atoms with Crippen molar-refractivity contribution in [2.75, 3.05) is 19.8 Å².